The quantitative estimate of drug-likeness (QED) is 0.807. The van der Waals surface area contributed by atoms with Crippen molar-refractivity contribution in [3.63, 3.8) is 0 Å². The van der Waals surface area contributed by atoms with E-state index in [1.165, 1.54) is 11.3 Å². The molecule has 1 amide bonds. The molecule has 0 saturated carbocycles. The molecule has 0 radical (unpaired) electrons. The maximum atomic E-state index is 11.8. The molecule has 94 valence electrons. The molecule has 3 N–H and O–H groups in total. The van der Waals surface area contributed by atoms with Crippen LogP contribution in [0.1, 0.15) is 24.3 Å². The molecule has 17 heavy (non-hydrogen) atoms. The summed E-state index contributed by atoms with van der Waals surface area (Å²) in [5.41, 5.74) is 5.55. The molecule has 0 spiro atoms. The number of likely N-dealkylation sites (tertiary alicyclic amines) is 1. The highest BCUT2D eigenvalue weighted by Crippen LogP contribution is 2.21. The average Bonchev–Trinajstić information content (AvgIpc) is 2.74. The molecule has 2 heterocycles. The van der Waals surface area contributed by atoms with E-state index in [1.54, 1.807) is 7.05 Å². The van der Waals surface area contributed by atoms with E-state index in [2.05, 4.69) is 20.4 Å². The van der Waals surface area contributed by atoms with Crippen LogP contribution in [-0.4, -0.2) is 40.6 Å². The number of nitrogens with two attached hydrogens (primary N) is 1. The SMILES string of the molecule is CNC(=O)C1CCCCN1Cc1nnc(N)s1. The number of hydrogen-bond acceptors (Lipinski definition) is 6. The van der Waals surface area contributed by atoms with Crippen LogP contribution < -0.4 is 11.1 Å². The number of nitrogen functional groups attached to an aromatic ring is 1. The molecular formula is C10H17N5OS. The third kappa shape index (κ3) is 2.92. The lowest BCUT2D eigenvalue weighted by Gasteiger charge is -2.33. The average molecular weight is 255 g/mol. The van der Waals surface area contributed by atoms with Gasteiger partial charge in [0, 0.05) is 7.05 Å². The van der Waals surface area contributed by atoms with E-state index in [1.807, 2.05) is 0 Å². The van der Waals surface area contributed by atoms with Crippen molar-refractivity contribution >= 4 is 22.4 Å². The summed E-state index contributed by atoms with van der Waals surface area (Å²) in [4.78, 5) is 13.9. The Labute approximate surface area is 104 Å². The normalized spacial score (nSPS) is 21.4. The van der Waals surface area contributed by atoms with E-state index < -0.39 is 0 Å². The van der Waals surface area contributed by atoms with Crippen molar-refractivity contribution < 1.29 is 4.79 Å². The standard InChI is InChI=1S/C10H17N5OS/c1-12-9(16)7-4-2-3-5-15(7)6-8-13-14-10(11)17-8/h7H,2-6H2,1H3,(H2,11,14)(H,12,16). The molecule has 1 aromatic heterocycles. The van der Waals surface area contributed by atoms with Crippen LogP contribution in [0.2, 0.25) is 0 Å². The minimum absolute atomic E-state index is 0.0427. The van der Waals surface area contributed by atoms with Gasteiger partial charge in [-0.1, -0.05) is 17.8 Å². The number of piperidine rings is 1. The largest absolute Gasteiger partial charge is 0.374 e. The molecular weight excluding hydrogens is 238 g/mol. The Morgan fingerprint density at radius 2 is 2.41 bits per heavy atom. The lowest BCUT2D eigenvalue weighted by atomic mass is 10.0. The highest BCUT2D eigenvalue weighted by atomic mass is 32.1. The van der Waals surface area contributed by atoms with Crippen LogP contribution in [0.5, 0.6) is 0 Å². The molecule has 1 unspecified atom stereocenters. The third-order valence-corrected chi connectivity index (χ3v) is 3.72. The van der Waals surface area contributed by atoms with Crippen LogP contribution in [-0.2, 0) is 11.3 Å². The zero-order chi connectivity index (χ0) is 12.3. The minimum atomic E-state index is -0.0427. The zero-order valence-electron chi connectivity index (χ0n) is 9.85. The number of nitrogens with one attached hydrogen (secondary N) is 1. The van der Waals surface area contributed by atoms with Gasteiger partial charge in [0.2, 0.25) is 11.0 Å². The van der Waals surface area contributed by atoms with E-state index in [-0.39, 0.29) is 11.9 Å². The summed E-state index contributed by atoms with van der Waals surface area (Å²) in [6.45, 7) is 1.59. The molecule has 2 rings (SSSR count). The van der Waals surface area contributed by atoms with Crippen LogP contribution in [0.3, 0.4) is 0 Å². The van der Waals surface area contributed by atoms with Crippen molar-refractivity contribution in [3.8, 4) is 0 Å². The second-order valence-corrected chi connectivity index (χ2v) is 5.22. The number of rotatable bonds is 3. The number of nitrogens with zero attached hydrogens (tertiary/aromatic N) is 3. The smallest absolute Gasteiger partial charge is 0.237 e. The monoisotopic (exact) mass is 255 g/mol. The van der Waals surface area contributed by atoms with Crippen LogP contribution in [0.15, 0.2) is 0 Å². The highest BCUT2D eigenvalue weighted by Gasteiger charge is 2.28. The van der Waals surface area contributed by atoms with Gasteiger partial charge in [-0.15, -0.1) is 10.2 Å². The molecule has 0 aromatic carbocycles. The van der Waals surface area contributed by atoms with E-state index in [0.29, 0.717) is 11.7 Å². The van der Waals surface area contributed by atoms with Gasteiger partial charge in [-0.25, -0.2) is 0 Å². The van der Waals surface area contributed by atoms with Gasteiger partial charge in [-0.2, -0.15) is 0 Å². The minimum Gasteiger partial charge on any atom is -0.374 e. The van der Waals surface area contributed by atoms with Crippen LogP contribution >= 0.6 is 11.3 Å². The van der Waals surface area contributed by atoms with Gasteiger partial charge >= 0.3 is 0 Å². The maximum absolute atomic E-state index is 11.8. The van der Waals surface area contributed by atoms with E-state index >= 15 is 0 Å². The lowest BCUT2D eigenvalue weighted by molar-refractivity contribution is -0.127. The Bertz CT molecular complexity index is 394. The van der Waals surface area contributed by atoms with Crippen molar-refractivity contribution in [1.82, 2.24) is 20.4 Å². The molecule has 1 fully saturated rings. The predicted octanol–water partition coefficient (Wildman–Crippen LogP) is 0.221. The number of carbonyl (C=O) groups is 1. The van der Waals surface area contributed by atoms with Gasteiger partial charge in [0.1, 0.15) is 5.01 Å². The fraction of sp³-hybridized carbons (Fsp3) is 0.700. The summed E-state index contributed by atoms with van der Waals surface area (Å²) in [6.07, 6.45) is 3.14. The third-order valence-electron chi connectivity index (χ3n) is 2.98. The first kappa shape index (κ1) is 12.3. The van der Waals surface area contributed by atoms with Crippen molar-refractivity contribution in [2.45, 2.75) is 31.8 Å². The summed E-state index contributed by atoms with van der Waals surface area (Å²) in [7, 11) is 1.68. The Morgan fingerprint density at radius 1 is 1.59 bits per heavy atom. The Kier molecular flexibility index (Phi) is 3.90. The Morgan fingerprint density at radius 3 is 3.06 bits per heavy atom. The van der Waals surface area contributed by atoms with Crippen molar-refractivity contribution in [3.05, 3.63) is 5.01 Å². The molecule has 1 saturated heterocycles. The number of anilines is 1. The van der Waals surface area contributed by atoms with Gasteiger partial charge < -0.3 is 11.1 Å². The van der Waals surface area contributed by atoms with Gasteiger partial charge in [0.25, 0.3) is 0 Å². The topological polar surface area (TPSA) is 84.1 Å². The first-order valence-corrected chi connectivity index (χ1v) is 6.56. The second-order valence-electron chi connectivity index (χ2n) is 4.13. The summed E-state index contributed by atoms with van der Waals surface area (Å²) in [5.74, 6) is 0.0854. The van der Waals surface area contributed by atoms with Crippen LogP contribution in [0.25, 0.3) is 0 Å². The first-order valence-electron chi connectivity index (χ1n) is 5.74. The number of likely N-dealkylation sites (N-methyl/N-ethyl adjacent to an activating group) is 1. The summed E-state index contributed by atoms with van der Waals surface area (Å²) >= 11 is 1.38. The molecule has 1 aliphatic rings. The highest BCUT2D eigenvalue weighted by molar-refractivity contribution is 7.15. The molecule has 0 bridgehead atoms. The van der Waals surface area contributed by atoms with Crippen molar-refractivity contribution in [2.75, 3.05) is 19.3 Å². The van der Waals surface area contributed by atoms with Crippen LogP contribution in [0, 0.1) is 0 Å². The lowest BCUT2D eigenvalue weighted by Crippen LogP contribution is -2.48. The molecule has 6 nitrogen and oxygen atoms in total. The zero-order valence-corrected chi connectivity index (χ0v) is 10.7. The van der Waals surface area contributed by atoms with Crippen molar-refractivity contribution in [2.24, 2.45) is 0 Å². The molecule has 1 atom stereocenters. The number of amides is 1. The fourth-order valence-electron chi connectivity index (χ4n) is 2.15. The van der Waals surface area contributed by atoms with E-state index in [4.69, 9.17) is 5.73 Å². The summed E-state index contributed by atoms with van der Waals surface area (Å²) in [5, 5.41) is 11.9. The van der Waals surface area contributed by atoms with Crippen molar-refractivity contribution in [1.29, 1.82) is 0 Å². The van der Waals surface area contributed by atoms with Gasteiger partial charge in [0.05, 0.1) is 12.6 Å². The summed E-state index contributed by atoms with van der Waals surface area (Å²) in [6, 6.07) is -0.0427. The second kappa shape index (κ2) is 5.42. The predicted molar refractivity (Wildman–Crippen MR) is 66.4 cm³/mol. The van der Waals surface area contributed by atoms with Gasteiger partial charge in [-0.3, -0.25) is 9.69 Å². The summed E-state index contributed by atoms with van der Waals surface area (Å²) < 4.78 is 0. The molecule has 1 aliphatic heterocycles. The van der Waals surface area contributed by atoms with Gasteiger partial charge in [0.15, 0.2) is 0 Å². The van der Waals surface area contributed by atoms with Gasteiger partial charge in [-0.05, 0) is 19.4 Å². The van der Waals surface area contributed by atoms with Crippen LogP contribution in [0.4, 0.5) is 5.13 Å². The Balaban J connectivity index is 2.03. The number of aromatic nitrogens is 2. The van der Waals surface area contributed by atoms with E-state index in [0.717, 1.165) is 30.8 Å². The van der Waals surface area contributed by atoms with E-state index in [9.17, 15) is 4.79 Å². The fourth-order valence-corrected chi connectivity index (χ4v) is 2.78. The number of carbonyl (C=O) groups excluding carboxylic acids is 1. The molecule has 7 heteroatoms. The Hall–Kier alpha value is -1.21. The first-order chi connectivity index (χ1) is 8.20. The molecule has 1 aromatic rings. The molecule has 0 aliphatic carbocycles. The maximum Gasteiger partial charge on any atom is 0.237 e. The number of hydrogen-bond donors (Lipinski definition) is 2.